The van der Waals surface area contributed by atoms with Crippen LogP contribution < -0.4 is 0 Å². The maximum atomic E-state index is 6.79. The van der Waals surface area contributed by atoms with Gasteiger partial charge >= 0.3 is 0 Å². The molecule has 1 heterocycles. The highest BCUT2D eigenvalue weighted by Gasteiger charge is 2.42. The molecular weight excluding hydrogens is 375 g/mol. The van der Waals surface area contributed by atoms with E-state index in [1.54, 1.807) is 0 Å². The number of ether oxygens (including phenoxy) is 1. The number of hydrogen-bond donors (Lipinski definition) is 0. The molecule has 0 aliphatic carbocycles. The Balaban J connectivity index is 1.97. The lowest BCUT2D eigenvalue weighted by Gasteiger charge is -2.33. The molecule has 0 N–H and O–H groups in total. The molecule has 3 heteroatoms. The van der Waals surface area contributed by atoms with Crippen molar-refractivity contribution in [3.63, 3.8) is 0 Å². The van der Waals surface area contributed by atoms with Crippen LogP contribution in [0.4, 0.5) is 0 Å². The first-order chi connectivity index (χ1) is 13.1. The van der Waals surface area contributed by atoms with Crippen molar-refractivity contribution in [1.29, 1.82) is 0 Å². The minimum absolute atomic E-state index is 0.0525. The molecule has 0 aromatic heterocycles. The monoisotopic (exact) mass is 402 g/mol. The summed E-state index contributed by atoms with van der Waals surface area (Å²) in [5, 5.41) is 1.58. The fourth-order valence-corrected chi connectivity index (χ4v) is 4.62. The summed E-state index contributed by atoms with van der Waals surface area (Å²) in [7, 11) is 0. The smallest absolute Gasteiger partial charge is 0.0904 e. The van der Waals surface area contributed by atoms with Gasteiger partial charge < -0.3 is 4.74 Å². The van der Waals surface area contributed by atoms with Gasteiger partial charge in [-0.3, -0.25) is 0 Å². The quantitative estimate of drug-likeness (QED) is 0.452. The van der Waals surface area contributed by atoms with Gasteiger partial charge in [0.1, 0.15) is 0 Å². The van der Waals surface area contributed by atoms with Crippen LogP contribution in [0.15, 0.2) is 54.1 Å². The number of rotatable bonds is 7. The molecule has 2 aromatic carbocycles. The zero-order chi connectivity index (χ0) is 19.3. The third-order valence-electron chi connectivity index (χ3n) is 5.42. The molecule has 0 saturated carbocycles. The van der Waals surface area contributed by atoms with Crippen LogP contribution in [0.3, 0.4) is 0 Å². The Labute approximate surface area is 173 Å². The lowest BCUT2D eigenvalue weighted by atomic mass is 9.82. The molecule has 1 saturated heterocycles. The van der Waals surface area contributed by atoms with Crippen molar-refractivity contribution in [3.05, 3.63) is 75.3 Å². The van der Waals surface area contributed by atoms with E-state index >= 15 is 0 Å². The van der Waals surface area contributed by atoms with Crippen molar-refractivity contribution in [3.8, 4) is 0 Å². The van der Waals surface area contributed by atoms with Gasteiger partial charge in [-0.25, -0.2) is 0 Å². The van der Waals surface area contributed by atoms with E-state index in [9.17, 15) is 0 Å². The fourth-order valence-electron chi connectivity index (χ4n) is 4.17. The van der Waals surface area contributed by atoms with Crippen molar-refractivity contribution in [2.24, 2.45) is 0 Å². The van der Waals surface area contributed by atoms with E-state index < -0.39 is 0 Å². The normalized spacial score (nSPS) is 23.0. The molecule has 1 aliphatic rings. The molecule has 2 atom stereocenters. The van der Waals surface area contributed by atoms with Gasteiger partial charge in [-0.2, -0.15) is 0 Å². The Morgan fingerprint density at radius 2 is 1.74 bits per heavy atom. The van der Waals surface area contributed by atoms with Crippen LogP contribution in [0.2, 0.25) is 10.0 Å². The summed E-state index contributed by atoms with van der Waals surface area (Å²) in [6.45, 7) is 4.45. The summed E-state index contributed by atoms with van der Waals surface area (Å²) in [5.41, 5.74) is 3.30. The Bertz CT molecular complexity index is 798. The van der Waals surface area contributed by atoms with Gasteiger partial charge in [0.2, 0.25) is 0 Å². The zero-order valence-electron chi connectivity index (χ0n) is 16.2. The molecule has 1 nitrogen and oxygen atoms in total. The second kappa shape index (κ2) is 9.28. The van der Waals surface area contributed by atoms with Crippen LogP contribution in [-0.4, -0.2) is 5.60 Å². The van der Waals surface area contributed by atoms with E-state index in [1.807, 2.05) is 36.4 Å². The minimum Gasteiger partial charge on any atom is -0.363 e. The van der Waals surface area contributed by atoms with E-state index in [1.165, 1.54) is 5.57 Å². The van der Waals surface area contributed by atoms with Crippen LogP contribution in [0.5, 0.6) is 0 Å². The summed E-state index contributed by atoms with van der Waals surface area (Å²) in [6, 6.07) is 16.1. The third-order valence-corrected chi connectivity index (χ3v) is 6.11. The first kappa shape index (κ1) is 20.5. The van der Waals surface area contributed by atoms with Crippen molar-refractivity contribution >= 4 is 29.3 Å². The third kappa shape index (κ3) is 4.59. The highest BCUT2D eigenvalue weighted by atomic mass is 35.5. The number of halogens is 2. The molecule has 144 valence electrons. The second-order valence-electron chi connectivity index (χ2n) is 7.35. The fraction of sp³-hybridized carbons (Fsp3) is 0.417. The number of benzene rings is 2. The Kier molecular flexibility index (Phi) is 7.03. The topological polar surface area (TPSA) is 9.23 Å². The first-order valence-corrected chi connectivity index (χ1v) is 10.7. The van der Waals surface area contributed by atoms with Gasteiger partial charge in [-0.1, -0.05) is 92.4 Å². The van der Waals surface area contributed by atoms with Crippen LogP contribution in [-0.2, 0) is 4.74 Å². The van der Waals surface area contributed by atoms with Gasteiger partial charge in [0, 0.05) is 10.0 Å². The van der Waals surface area contributed by atoms with Crippen molar-refractivity contribution in [2.75, 3.05) is 0 Å². The highest BCUT2D eigenvalue weighted by molar-refractivity contribution is 6.32. The summed E-state index contributed by atoms with van der Waals surface area (Å²) in [4.78, 5) is 0. The van der Waals surface area contributed by atoms with Crippen LogP contribution in [0, 0.1) is 0 Å². The van der Waals surface area contributed by atoms with Crippen molar-refractivity contribution < 1.29 is 4.74 Å². The Hall–Kier alpha value is -1.28. The predicted octanol–water partition coefficient (Wildman–Crippen LogP) is 8.27. The molecule has 0 radical (unpaired) electrons. The molecule has 1 fully saturated rings. The molecule has 0 amide bonds. The SMILES string of the molecule is CCC/C(=C/c1ccccc1Cl)C1(CCC)CCC(c2ccccc2Cl)O1. The van der Waals surface area contributed by atoms with Gasteiger partial charge in [0.15, 0.2) is 0 Å². The van der Waals surface area contributed by atoms with E-state index in [2.05, 4.69) is 32.1 Å². The van der Waals surface area contributed by atoms with E-state index in [0.717, 1.165) is 59.7 Å². The number of hydrogen-bond acceptors (Lipinski definition) is 1. The minimum atomic E-state index is -0.228. The van der Waals surface area contributed by atoms with Gasteiger partial charge in [0.05, 0.1) is 11.7 Å². The lowest BCUT2D eigenvalue weighted by molar-refractivity contribution is -0.0239. The summed E-state index contributed by atoms with van der Waals surface area (Å²) < 4.78 is 6.79. The maximum Gasteiger partial charge on any atom is 0.0904 e. The standard InChI is InChI=1S/C24H28Cl2O/c1-3-9-19(17-18-10-5-7-12-21(18)25)24(15-4-2)16-14-23(27-24)20-11-6-8-13-22(20)26/h5-8,10-13,17,23H,3-4,9,14-16H2,1-2H3/b19-17-. The Morgan fingerprint density at radius 1 is 1.04 bits per heavy atom. The zero-order valence-corrected chi connectivity index (χ0v) is 17.7. The lowest BCUT2D eigenvalue weighted by Crippen LogP contribution is -2.30. The van der Waals surface area contributed by atoms with Crippen molar-refractivity contribution in [1.82, 2.24) is 0 Å². The highest BCUT2D eigenvalue weighted by Crippen LogP contribution is 2.49. The van der Waals surface area contributed by atoms with Gasteiger partial charge in [0.25, 0.3) is 0 Å². The average Bonchev–Trinajstić information content (AvgIpc) is 3.09. The van der Waals surface area contributed by atoms with Gasteiger partial charge in [-0.15, -0.1) is 0 Å². The average molecular weight is 403 g/mol. The first-order valence-electron chi connectivity index (χ1n) is 9.97. The molecule has 2 unspecified atom stereocenters. The van der Waals surface area contributed by atoms with E-state index in [0.29, 0.717) is 0 Å². The van der Waals surface area contributed by atoms with Crippen LogP contribution >= 0.6 is 23.2 Å². The Morgan fingerprint density at radius 3 is 2.41 bits per heavy atom. The molecule has 0 spiro atoms. The van der Waals surface area contributed by atoms with Crippen molar-refractivity contribution in [2.45, 2.75) is 64.1 Å². The van der Waals surface area contributed by atoms with Gasteiger partial charge in [-0.05, 0) is 54.5 Å². The molecule has 0 bridgehead atoms. The summed E-state index contributed by atoms with van der Waals surface area (Å²) in [6.07, 6.45) is 8.53. The largest absolute Gasteiger partial charge is 0.363 e. The summed E-state index contributed by atoms with van der Waals surface area (Å²) >= 11 is 12.9. The summed E-state index contributed by atoms with van der Waals surface area (Å²) in [5.74, 6) is 0. The molecule has 1 aliphatic heterocycles. The van der Waals surface area contributed by atoms with Crippen LogP contribution in [0.1, 0.15) is 69.6 Å². The molecule has 2 aromatic rings. The predicted molar refractivity (Wildman–Crippen MR) is 116 cm³/mol. The maximum absolute atomic E-state index is 6.79. The molecule has 3 rings (SSSR count). The molecule has 27 heavy (non-hydrogen) atoms. The van der Waals surface area contributed by atoms with E-state index in [-0.39, 0.29) is 11.7 Å². The van der Waals surface area contributed by atoms with E-state index in [4.69, 9.17) is 27.9 Å². The second-order valence-corrected chi connectivity index (χ2v) is 8.17. The van der Waals surface area contributed by atoms with Crippen LogP contribution in [0.25, 0.3) is 6.08 Å². The molecular formula is C24H28Cl2O.